The van der Waals surface area contributed by atoms with Crippen molar-refractivity contribution in [2.24, 2.45) is 5.73 Å². The van der Waals surface area contributed by atoms with Gasteiger partial charge in [-0.15, -0.1) is 0 Å². The van der Waals surface area contributed by atoms with E-state index in [1.165, 1.54) is 5.56 Å². The maximum absolute atomic E-state index is 12.5. The fourth-order valence-corrected chi connectivity index (χ4v) is 2.91. The van der Waals surface area contributed by atoms with Crippen LogP contribution in [0, 0.1) is 0 Å². The Hall–Kier alpha value is -1.39. The quantitative estimate of drug-likeness (QED) is 0.893. The van der Waals surface area contributed by atoms with Crippen LogP contribution in [0.2, 0.25) is 0 Å². The zero-order valence-electron chi connectivity index (χ0n) is 13.2. The Bertz CT molecular complexity index is 449. The average Bonchev–Trinajstić information content (AvgIpc) is 2.53. The van der Waals surface area contributed by atoms with E-state index in [1.54, 1.807) is 0 Å². The summed E-state index contributed by atoms with van der Waals surface area (Å²) in [6.07, 6.45) is 2.64. The molecule has 0 bridgehead atoms. The molecule has 1 amide bonds. The Morgan fingerprint density at radius 3 is 2.71 bits per heavy atom. The minimum Gasteiger partial charge on any atom is -0.338 e. The van der Waals surface area contributed by atoms with Gasteiger partial charge in [-0.25, -0.2) is 0 Å². The second-order valence-electron chi connectivity index (χ2n) is 5.96. The summed E-state index contributed by atoms with van der Waals surface area (Å²) in [6.45, 7) is 4.72. The van der Waals surface area contributed by atoms with Crippen molar-refractivity contribution in [3.8, 4) is 0 Å². The SMILES string of the molecule is CCC1CN(C(=O)[C@@H](N)CCc2ccccc2)CCN1C. The molecule has 1 aliphatic rings. The number of aryl methyl sites for hydroxylation is 1. The number of carbonyl (C=O) groups is 1. The Morgan fingerprint density at radius 2 is 2.05 bits per heavy atom. The number of rotatable bonds is 5. The lowest BCUT2D eigenvalue weighted by Crippen LogP contribution is -2.56. The Kier molecular flexibility index (Phi) is 5.76. The van der Waals surface area contributed by atoms with Crippen LogP contribution in [0.25, 0.3) is 0 Å². The molecular weight excluding hydrogens is 262 g/mol. The fourth-order valence-electron chi connectivity index (χ4n) is 2.91. The van der Waals surface area contributed by atoms with Gasteiger partial charge in [-0.3, -0.25) is 9.69 Å². The Balaban J connectivity index is 1.84. The van der Waals surface area contributed by atoms with E-state index in [0.29, 0.717) is 12.5 Å². The molecule has 1 aromatic carbocycles. The van der Waals surface area contributed by atoms with Gasteiger partial charge in [0.1, 0.15) is 0 Å². The number of benzene rings is 1. The summed E-state index contributed by atoms with van der Waals surface area (Å²) < 4.78 is 0. The lowest BCUT2D eigenvalue weighted by atomic mass is 10.0. The normalized spacial score (nSPS) is 21.3. The third-order valence-electron chi connectivity index (χ3n) is 4.46. The van der Waals surface area contributed by atoms with Gasteiger partial charge in [0.2, 0.25) is 5.91 Å². The molecule has 116 valence electrons. The monoisotopic (exact) mass is 289 g/mol. The summed E-state index contributed by atoms with van der Waals surface area (Å²) in [5.74, 6) is 0.109. The van der Waals surface area contributed by atoms with E-state index in [9.17, 15) is 4.79 Å². The highest BCUT2D eigenvalue weighted by molar-refractivity contribution is 5.81. The molecule has 1 heterocycles. The number of nitrogens with zero attached hydrogens (tertiary/aromatic N) is 2. The van der Waals surface area contributed by atoms with E-state index >= 15 is 0 Å². The maximum Gasteiger partial charge on any atom is 0.239 e. The van der Waals surface area contributed by atoms with Gasteiger partial charge in [0, 0.05) is 25.7 Å². The second kappa shape index (κ2) is 7.57. The number of amides is 1. The van der Waals surface area contributed by atoms with Crippen LogP contribution in [0.5, 0.6) is 0 Å². The molecule has 0 aliphatic carbocycles. The van der Waals surface area contributed by atoms with Gasteiger partial charge < -0.3 is 10.6 Å². The average molecular weight is 289 g/mol. The third kappa shape index (κ3) is 4.29. The minimum absolute atomic E-state index is 0.109. The van der Waals surface area contributed by atoms with Crippen LogP contribution in [0.15, 0.2) is 30.3 Å². The van der Waals surface area contributed by atoms with Gasteiger partial charge in [-0.05, 0) is 31.9 Å². The Labute approximate surface area is 127 Å². The third-order valence-corrected chi connectivity index (χ3v) is 4.46. The number of hydrogen-bond donors (Lipinski definition) is 1. The van der Waals surface area contributed by atoms with E-state index in [0.717, 1.165) is 32.5 Å². The molecule has 1 saturated heterocycles. The van der Waals surface area contributed by atoms with Gasteiger partial charge in [-0.1, -0.05) is 37.3 Å². The first-order valence-electron chi connectivity index (χ1n) is 7.90. The molecule has 1 unspecified atom stereocenters. The van der Waals surface area contributed by atoms with Crippen molar-refractivity contribution in [1.82, 2.24) is 9.80 Å². The summed E-state index contributed by atoms with van der Waals surface area (Å²) in [5.41, 5.74) is 7.35. The van der Waals surface area contributed by atoms with Crippen LogP contribution in [0.1, 0.15) is 25.3 Å². The molecule has 0 saturated carbocycles. The maximum atomic E-state index is 12.5. The van der Waals surface area contributed by atoms with Crippen molar-refractivity contribution in [3.63, 3.8) is 0 Å². The van der Waals surface area contributed by atoms with Crippen LogP contribution < -0.4 is 5.73 Å². The smallest absolute Gasteiger partial charge is 0.239 e. The van der Waals surface area contributed by atoms with Gasteiger partial charge in [0.15, 0.2) is 0 Å². The lowest BCUT2D eigenvalue weighted by molar-refractivity contribution is -0.135. The van der Waals surface area contributed by atoms with Crippen molar-refractivity contribution < 1.29 is 4.79 Å². The molecule has 0 aromatic heterocycles. The number of piperazine rings is 1. The molecular formula is C17H27N3O. The van der Waals surface area contributed by atoms with E-state index in [2.05, 4.69) is 31.0 Å². The number of likely N-dealkylation sites (N-methyl/N-ethyl adjacent to an activating group) is 1. The minimum atomic E-state index is -0.383. The highest BCUT2D eigenvalue weighted by Crippen LogP contribution is 2.13. The van der Waals surface area contributed by atoms with E-state index < -0.39 is 0 Å². The molecule has 2 rings (SSSR count). The zero-order chi connectivity index (χ0) is 15.2. The van der Waals surface area contributed by atoms with E-state index in [4.69, 9.17) is 5.73 Å². The van der Waals surface area contributed by atoms with Crippen molar-refractivity contribution >= 4 is 5.91 Å². The summed E-state index contributed by atoms with van der Waals surface area (Å²) in [6, 6.07) is 10.3. The molecule has 1 aromatic rings. The first-order chi connectivity index (χ1) is 10.1. The molecule has 1 fully saturated rings. The molecule has 2 N–H and O–H groups in total. The number of hydrogen-bond acceptors (Lipinski definition) is 3. The standard InChI is InChI=1S/C17H27N3O/c1-3-15-13-20(12-11-19(15)2)17(21)16(18)10-9-14-7-5-4-6-8-14/h4-8,15-16H,3,9-13,18H2,1-2H3/t15?,16-/m0/s1. The molecule has 4 nitrogen and oxygen atoms in total. The van der Waals surface area contributed by atoms with Gasteiger partial charge >= 0.3 is 0 Å². The molecule has 0 radical (unpaired) electrons. The van der Waals surface area contributed by atoms with Gasteiger partial charge in [0.05, 0.1) is 6.04 Å². The summed E-state index contributed by atoms with van der Waals surface area (Å²) in [7, 11) is 2.13. The fraction of sp³-hybridized carbons (Fsp3) is 0.588. The van der Waals surface area contributed by atoms with Crippen molar-refractivity contribution in [2.45, 2.75) is 38.3 Å². The number of nitrogens with two attached hydrogens (primary N) is 1. The van der Waals surface area contributed by atoms with Crippen LogP contribution in [0.4, 0.5) is 0 Å². The van der Waals surface area contributed by atoms with Crippen LogP contribution >= 0.6 is 0 Å². The molecule has 1 aliphatic heterocycles. The Morgan fingerprint density at radius 1 is 1.33 bits per heavy atom. The number of carbonyl (C=O) groups excluding carboxylic acids is 1. The lowest BCUT2D eigenvalue weighted by Gasteiger charge is -2.40. The zero-order valence-corrected chi connectivity index (χ0v) is 13.2. The summed E-state index contributed by atoms with van der Waals surface area (Å²) in [4.78, 5) is 16.8. The first kappa shape index (κ1) is 16.0. The first-order valence-corrected chi connectivity index (χ1v) is 7.90. The molecule has 21 heavy (non-hydrogen) atoms. The van der Waals surface area contributed by atoms with E-state index in [1.807, 2.05) is 23.1 Å². The highest BCUT2D eigenvalue weighted by Gasteiger charge is 2.28. The van der Waals surface area contributed by atoms with Crippen molar-refractivity contribution in [3.05, 3.63) is 35.9 Å². The molecule has 2 atom stereocenters. The predicted molar refractivity (Wildman–Crippen MR) is 86.0 cm³/mol. The predicted octanol–water partition coefficient (Wildman–Crippen LogP) is 1.50. The van der Waals surface area contributed by atoms with Crippen molar-refractivity contribution in [1.29, 1.82) is 0 Å². The largest absolute Gasteiger partial charge is 0.338 e. The topological polar surface area (TPSA) is 49.6 Å². The van der Waals surface area contributed by atoms with Gasteiger partial charge in [-0.2, -0.15) is 0 Å². The van der Waals surface area contributed by atoms with E-state index in [-0.39, 0.29) is 11.9 Å². The van der Waals surface area contributed by atoms with Crippen LogP contribution in [-0.4, -0.2) is 54.5 Å². The van der Waals surface area contributed by atoms with Crippen molar-refractivity contribution in [2.75, 3.05) is 26.7 Å². The highest BCUT2D eigenvalue weighted by atomic mass is 16.2. The summed E-state index contributed by atoms with van der Waals surface area (Å²) >= 11 is 0. The van der Waals surface area contributed by atoms with Gasteiger partial charge in [0.25, 0.3) is 0 Å². The summed E-state index contributed by atoms with van der Waals surface area (Å²) in [5, 5.41) is 0. The van der Waals surface area contributed by atoms with Crippen LogP contribution in [0.3, 0.4) is 0 Å². The van der Waals surface area contributed by atoms with Crippen LogP contribution in [-0.2, 0) is 11.2 Å². The second-order valence-corrected chi connectivity index (χ2v) is 5.96. The molecule has 0 spiro atoms. The molecule has 4 heteroatoms.